The van der Waals surface area contributed by atoms with Gasteiger partial charge in [0.25, 0.3) is 5.91 Å². The van der Waals surface area contributed by atoms with E-state index in [2.05, 4.69) is 5.32 Å². The quantitative estimate of drug-likeness (QED) is 0.775. The zero-order valence-electron chi connectivity index (χ0n) is 11.7. The van der Waals surface area contributed by atoms with E-state index in [9.17, 15) is 9.59 Å². The van der Waals surface area contributed by atoms with Crippen molar-refractivity contribution in [3.63, 3.8) is 0 Å². The number of carbonyl (C=O) groups is 2. The Morgan fingerprint density at radius 3 is 2.53 bits per heavy atom. The number of rotatable bonds is 6. The summed E-state index contributed by atoms with van der Waals surface area (Å²) in [5, 5.41) is 11.5. The summed E-state index contributed by atoms with van der Waals surface area (Å²) in [6.45, 7) is 6.15. The number of benzene rings is 1. The molecular formula is C15H21NO3. The third kappa shape index (κ3) is 4.73. The van der Waals surface area contributed by atoms with Crippen LogP contribution in [0.15, 0.2) is 18.2 Å². The van der Waals surface area contributed by atoms with Gasteiger partial charge in [-0.1, -0.05) is 13.0 Å². The lowest BCUT2D eigenvalue weighted by Gasteiger charge is -2.08. The van der Waals surface area contributed by atoms with Crippen LogP contribution in [0.4, 0.5) is 0 Å². The lowest BCUT2D eigenvalue weighted by Crippen LogP contribution is -2.25. The van der Waals surface area contributed by atoms with Crippen molar-refractivity contribution in [3.8, 4) is 0 Å². The Labute approximate surface area is 113 Å². The van der Waals surface area contributed by atoms with E-state index in [1.54, 1.807) is 13.0 Å². The van der Waals surface area contributed by atoms with E-state index in [0.717, 1.165) is 11.1 Å². The molecule has 0 bridgehead atoms. The molecule has 1 aromatic carbocycles. The zero-order valence-corrected chi connectivity index (χ0v) is 11.7. The molecule has 1 unspecified atom stereocenters. The van der Waals surface area contributed by atoms with Gasteiger partial charge in [-0.15, -0.1) is 0 Å². The average molecular weight is 263 g/mol. The molecule has 0 fully saturated rings. The van der Waals surface area contributed by atoms with Gasteiger partial charge in [0.05, 0.1) is 5.92 Å². The summed E-state index contributed by atoms with van der Waals surface area (Å²) in [5.41, 5.74) is 2.90. The summed E-state index contributed by atoms with van der Waals surface area (Å²) >= 11 is 0. The smallest absolute Gasteiger partial charge is 0.306 e. The van der Waals surface area contributed by atoms with Crippen molar-refractivity contribution in [2.45, 2.75) is 33.6 Å². The lowest BCUT2D eigenvalue weighted by atomic mass is 10.1. The number of aryl methyl sites for hydroxylation is 2. The molecule has 0 radical (unpaired) electrons. The van der Waals surface area contributed by atoms with Crippen LogP contribution in [0.2, 0.25) is 0 Å². The Bertz CT molecular complexity index is 468. The second kappa shape index (κ2) is 6.92. The maximum absolute atomic E-state index is 11.9. The minimum absolute atomic E-state index is 0.105. The van der Waals surface area contributed by atoms with Gasteiger partial charge in [-0.3, -0.25) is 9.59 Å². The third-order valence-electron chi connectivity index (χ3n) is 3.29. The van der Waals surface area contributed by atoms with Crippen molar-refractivity contribution in [2.75, 3.05) is 6.54 Å². The van der Waals surface area contributed by atoms with Gasteiger partial charge in [0.2, 0.25) is 0 Å². The van der Waals surface area contributed by atoms with Crippen LogP contribution >= 0.6 is 0 Å². The zero-order chi connectivity index (χ0) is 14.4. The summed E-state index contributed by atoms with van der Waals surface area (Å²) in [4.78, 5) is 22.5. The predicted molar refractivity (Wildman–Crippen MR) is 74.3 cm³/mol. The highest BCUT2D eigenvalue weighted by molar-refractivity contribution is 5.94. The molecule has 104 valence electrons. The van der Waals surface area contributed by atoms with Gasteiger partial charge in [0.15, 0.2) is 0 Å². The summed E-state index contributed by atoms with van der Waals surface area (Å²) in [6.07, 6.45) is 1.24. The molecule has 1 amide bonds. The standard InChI is InChI=1S/C15H21NO3/c1-10-6-7-13(9-12(10)3)14(17)16-8-4-5-11(2)15(18)19/h6-7,9,11H,4-5,8H2,1-3H3,(H,16,17)(H,18,19). The van der Waals surface area contributed by atoms with E-state index in [4.69, 9.17) is 5.11 Å². The van der Waals surface area contributed by atoms with Gasteiger partial charge >= 0.3 is 5.97 Å². The molecule has 19 heavy (non-hydrogen) atoms. The highest BCUT2D eigenvalue weighted by Crippen LogP contribution is 2.10. The Kier molecular flexibility index (Phi) is 5.55. The molecule has 0 aliphatic carbocycles. The van der Waals surface area contributed by atoms with Crippen LogP contribution in [0.25, 0.3) is 0 Å². The van der Waals surface area contributed by atoms with E-state index in [1.807, 2.05) is 26.0 Å². The number of hydrogen-bond acceptors (Lipinski definition) is 2. The number of carboxylic acid groups (broad SMARTS) is 1. The summed E-state index contributed by atoms with van der Waals surface area (Å²) in [7, 11) is 0. The maximum atomic E-state index is 11.9. The molecule has 0 heterocycles. The third-order valence-corrected chi connectivity index (χ3v) is 3.29. The Hall–Kier alpha value is -1.84. The van der Waals surface area contributed by atoms with Gasteiger partial charge < -0.3 is 10.4 Å². The molecule has 0 aromatic heterocycles. The van der Waals surface area contributed by atoms with E-state index >= 15 is 0 Å². The molecule has 4 nitrogen and oxygen atoms in total. The van der Waals surface area contributed by atoms with Crippen LogP contribution in [0.1, 0.15) is 41.3 Å². The molecule has 1 rings (SSSR count). The fourth-order valence-corrected chi connectivity index (χ4v) is 1.72. The van der Waals surface area contributed by atoms with E-state index in [0.29, 0.717) is 24.9 Å². The minimum Gasteiger partial charge on any atom is -0.481 e. The monoisotopic (exact) mass is 263 g/mol. The van der Waals surface area contributed by atoms with Crippen LogP contribution in [0.3, 0.4) is 0 Å². The molecule has 4 heteroatoms. The SMILES string of the molecule is Cc1ccc(C(=O)NCCCC(C)C(=O)O)cc1C. The second-order valence-corrected chi connectivity index (χ2v) is 4.94. The molecule has 1 aromatic rings. The summed E-state index contributed by atoms with van der Waals surface area (Å²) in [6, 6.07) is 5.60. The van der Waals surface area contributed by atoms with Gasteiger partial charge in [-0.25, -0.2) is 0 Å². The van der Waals surface area contributed by atoms with Gasteiger partial charge in [0.1, 0.15) is 0 Å². The topological polar surface area (TPSA) is 66.4 Å². The van der Waals surface area contributed by atoms with Crippen molar-refractivity contribution in [1.29, 1.82) is 0 Å². The number of carbonyl (C=O) groups excluding carboxylic acids is 1. The Morgan fingerprint density at radius 2 is 1.95 bits per heavy atom. The number of nitrogens with one attached hydrogen (secondary N) is 1. The van der Waals surface area contributed by atoms with Crippen molar-refractivity contribution in [2.24, 2.45) is 5.92 Å². The van der Waals surface area contributed by atoms with Crippen molar-refractivity contribution in [3.05, 3.63) is 34.9 Å². The number of aliphatic carboxylic acids is 1. The normalized spacial score (nSPS) is 11.9. The Morgan fingerprint density at radius 1 is 1.26 bits per heavy atom. The van der Waals surface area contributed by atoms with E-state index in [1.165, 1.54) is 0 Å². The van der Waals surface area contributed by atoms with E-state index < -0.39 is 5.97 Å². The van der Waals surface area contributed by atoms with Crippen LogP contribution in [-0.4, -0.2) is 23.5 Å². The fourth-order valence-electron chi connectivity index (χ4n) is 1.72. The molecular weight excluding hydrogens is 242 g/mol. The van der Waals surface area contributed by atoms with Crippen LogP contribution in [-0.2, 0) is 4.79 Å². The molecule has 0 aliphatic rings. The summed E-state index contributed by atoms with van der Waals surface area (Å²) < 4.78 is 0. The summed E-state index contributed by atoms with van der Waals surface area (Å²) in [5.74, 6) is -1.26. The first-order valence-electron chi connectivity index (χ1n) is 6.50. The molecule has 1 atom stereocenters. The lowest BCUT2D eigenvalue weighted by molar-refractivity contribution is -0.141. The molecule has 0 aliphatic heterocycles. The molecule has 0 spiro atoms. The van der Waals surface area contributed by atoms with E-state index in [-0.39, 0.29) is 11.8 Å². The fraction of sp³-hybridized carbons (Fsp3) is 0.467. The largest absolute Gasteiger partial charge is 0.481 e. The number of hydrogen-bond donors (Lipinski definition) is 2. The van der Waals surface area contributed by atoms with Gasteiger partial charge in [0, 0.05) is 12.1 Å². The van der Waals surface area contributed by atoms with Crippen molar-refractivity contribution < 1.29 is 14.7 Å². The molecule has 0 saturated carbocycles. The molecule has 0 saturated heterocycles. The highest BCUT2D eigenvalue weighted by atomic mass is 16.4. The second-order valence-electron chi connectivity index (χ2n) is 4.94. The number of amides is 1. The van der Waals surface area contributed by atoms with Crippen molar-refractivity contribution >= 4 is 11.9 Å². The van der Waals surface area contributed by atoms with Crippen molar-refractivity contribution in [1.82, 2.24) is 5.32 Å². The first-order valence-corrected chi connectivity index (χ1v) is 6.50. The minimum atomic E-state index is -0.791. The van der Waals surface area contributed by atoms with Crippen LogP contribution < -0.4 is 5.32 Å². The predicted octanol–water partition coefficient (Wildman–Crippen LogP) is 2.53. The Balaban J connectivity index is 2.39. The maximum Gasteiger partial charge on any atom is 0.306 e. The van der Waals surface area contributed by atoms with Crippen LogP contribution in [0, 0.1) is 19.8 Å². The highest BCUT2D eigenvalue weighted by Gasteiger charge is 2.10. The van der Waals surface area contributed by atoms with Crippen LogP contribution in [0.5, 0.6) is 0 Å². The van der Waals surface area contributed by atoms with Gasteiger partial charge in [-0.05, 0) is 49.9 Å². The first kappa shape index (κ1) is 15.2. The first-order chi connectivity index (χ1) is 8.91. The van der Waals surface area contributed by atoms with Gasteiger partial charge in [-0.2, -0.15) is 0 Å². The average Bonchev–Trinajstić information content (AvgIpc) is 2.37. The molecule has 2 N–H and O–H groups in total. The number of carboxylic acids is 1.